The van der Waals surface area contributed by atoms with Crippen molar-refractivity contribution in [2.75, 3.05) is 23.3 Å². The molecule has 0 bridgehead atoms. The highest BCUT2D eigenvalue weighted by Crippen LogP contribution is 2.38. The smallest absolute Gasteiger partial charge is 0.416 e. The molecule has 0 saturated carbocycles. The van der Waals surface area contributed by atoms with E-state index < -0.39 is 40.0 Å². The second kappa shape index (κ2) is 10.3. The van der Waals surface area contributed by atoms with Crippen LogP contribution >= 0.6 is 23.2 Å². The first kappa shape index (κ1) is 26.6. The fraction of sp³-hybridized carbons (Fsp3) is 0.136. The largest absolute Gasteiger partial charge is 0.495 e. The van der Waals surface area contributed by atoms with Crippen LogP contribution in [0.1, 0.15) is 5.56 Å². The van der Waals surface area contributed by atoms with E-state index in [1.165, 1.54) is 25.3 Å². The Morgan fingerprint density at radius 1 is 1.03 bits per heavy atom. The number of ether oxygens (including phenoxy) is 1. The number of hydrogen-bond acceptors (Lipinski definition) is 4. The van der Waals surface area contributed by atoms with Crippen LogP contribution in [0.5, 0.6) is 5.75 Å². The van der Waals surface area contributed by atoms with Crippen LogP contribution < -0.4 is 14.4 Å². The molecule has 1 amide bonds. The first-order valence-electron chi connectivity index (χ1n) is 9.61. The molecule has 0 spiro atoms. The first-order valence-corrected chi connectivity index (χ1v) is 11.8. The summed E-state index contributed by atoms with van der Waals surface area (Å²) in [5.41, 5.74) is -1.41. The van der Waals surface area contributed by atoms with Gasteiger partial charge in [-0.15, -0.1) is 0 Å². The molecule has 1 N–H and O–H groups in total. The van der Waals surface area contributed by atoms with E-state index in [1.54, 1.807) is 0 Å². The van der Waals surface area contributed by atoms with E-state index >= 15 is 0 Å². The Morgan fingerprint density at radius 2 is 1.69 bits per heavy atom. The summed E-state index contributed by atoms with van der Waals surface area (Å²) in [5, 5.41) is 2.15. The Kier molecular flexibility index (Phi) is 7.83. The van der Waals surface area contributed by atoms with Crippen LogP contribution in [-0.2, 0) is 21.0 Å². The predicted octanol–water partition coefficient (Wildman–Crippen LogP) is 5.99. The molecule has 3 aromatic rings. The van der Waals surface area contributed by atoms with Crippen LogP contribution in [0.25, 0.3) is 0 Å². The fourth-order valence-electron chi connectivity index (χ4n) is 3.00. The van der Waals surface area contributed by atoms with Crippen LogP contribution in [0.15, 0.2) is 65.6 Å². The van der Waals surface area contributed by atoms with E-state index in [0.29, 0.717) is 10.4 Å². The number of sulfonamides is 1. The third kappa shape index (κ3) is 6.16. The Labute approximate surface area is 208 Å². The molecule has 0 unspecified atom stereocenters. The highest BCUT2D eigenvalue weighted by Gasteiger charge is 2.32. The lowest BCUT2D eigenvalue weighted by molar-refractivity contribution is -0.137. The van der Waals surface area contributed by atoms with E-state index in [2.05, 4.69) is 5.32 Å². The zero-order valence-electron chi connectivity index (χ0n) is 17.7. The van der Waals surface area contributed by atoms with Gasteiger partial charge in [0.1, 0.15) is 18.1 Å². The third-order valence-electron chi connectivity index (χ3n) is 4.65. The molecule has 0 aliphatic rings. The van der Waals surface area contributed by atoms with Crippen LogP contribution in [0, 0.1) is 5.82 Å². The Hall–Kier alpha value is -3.02. The van der Waals surface area contributed by atoms with Crippen molar-refractivity contribution in [3.8, 4) is 5.75 Å². The first-order chi connectivity index (χ1) is 16.3. The number of halogens is 6. The van der Waals surface area contributed by atoms with Crippen molar-refractivity contribution in [2.45, 2.75) is 11.1 Å². The van der Waals surface area contributed by atoms with Crippen LogP contribution in [0.4, 0.5) is 28.9 Å². The van der Waals surface area contributed by atoms with Crippen molar-refractivity contribution >= 4 is 50.5 Å². The zero-order chi connectivity index (χ0) is 26.0. The molecule has 0 radical (unpaired) electrons. The second-order valence-electron chi connectivity index (χ2n) is 7.03. The summed E-state index contributed by atoms with van der Waals surface area (Å²) in [6.45, 7) is -0.888. The number of nitrogens with zero attached hydrogens (tertiary/aromatic N) is 1. The van der Waals surface area contributed by atoms with E-state index in [0.717, 1.165) is 36.4 Å². The number of nitrogens with one attached hydrogen (secondary N) is 1. The van der Waals surface area contributed by atoms with Crippen molar-refractivity contribution in [2.24, 2.45) is 0 Å². The van der Waals surface area contributed by atoms with Gasteiger partial charge in [-0.1, -0.05) is 29.3 Å². The van der Waals surface area contributed by atoms with Crippen molar-refractivity contribution in [3.05, 3.63) is 82.1 Å². The molecule has 0 aromatic heterocycles. The van der Waals surface area contributed by atoms with E-state index in [4.69, 9.17) is 27.9 Å². The average Bonchev–Trinajstić information content (AvgIpc) is 2.78. The zero-order valence-corrected chi connectivity index (χ0v) is 20.1. The molecule has 35 heavy (non-hydrogen) atoms. The number of methoxy groups -OCH3 is 1. The molecule has 0 heterocycles. The Balaban J connectivity index is 2.03. The number of carbonyl (C=O) groups is 1. The highest BCUT2D eigenvalue weighted by molar-refractivity contribution is 7.92. The summed E-state index contributed by atoms with van der Waals surface area (Å²) >= 11 is 12.3. The molecular formula is C22H16Cl2F4N2O4S. The molecule has 6 nitrogen and oxygen atoms in total. The number of carbonyl (C=O) groups excluding carboxylic acids is 1. The van der Waals surface area contributed by atoms with Crippen LogP contribution in [-0.4, -0.2) is 28.0 Å². The SMILES string of the molecule is COc1cc(N(CC(=O)Nc2cccc(C(F)(F)F)c2)S(=O)(=O)c2ccc(F)cc2)c(Cl)cc1Cl. The lowest BCUT2D eigenvalue weighted by Gasteiger charge is -2.25. The van der Waals surface area contributed by atoms with Gasteiger partial charge in [-0.25, -0.2) is 12.8 Å². The van der Waals surface area contributed by atoms with E-state index in [1.807, 2.05) is 0 Å². The molecule has 186 valence electrons. The number of rotatable bonds is 7. The van der Waals surface area contributed by atoms with Gasteiger partial charge in [-0.3, -0.25) is 9.10 Å². The predicted molar refractivity (Wildman–Crippen MR) is 124 cm³/mol. The van der Waals surface area contributed by atoms with Crippen LogP contribution in [0.3, 0.4) is 0 Å². The molecule has 3 rings (SSSR count). The molecule has 0 aliphatic carbocycles. The van der Waals surface area contributed by atoms with Crippen molar-refractivity contribution < 1.29 is 35.5 Å². The van der Waals surface area contributed by atoms with Gasteiger partial charge >= 0.3 is 6.18 Å². The maximum absolute atomic E-state index is 13.4. The standard InChI is InChI=1S/C22H16Cl2F4N2O4S/c1-34-20-11-19(17(23)10-18(20)24)30(35(32,33)16-7-5-14(25)6-8-16)12-21(31)29-15-4-2-3-13(9-15)22(26,27)28/h2-11H,12H2,1H3,(H,29,31). The lowest BCUT2D eigenvalue weighted by atomic mass is 10.2. The summed E-state index contributed by atoms with van der Waals surface area (Å²) in [6, 6.07) is 10.0. The van der Waals surface area contributed by atoms with Gasteiger partial charge in [-0.05, 0) is 48.5 Å². The number of alkyl halides is 3. The molecule has 0 atom stereocenters. The van der Waals surface area contributed by atoms with Crippen molar-refractivity contribution in [1.29, 1.82) is 0 Å². The summed E-state index contributed by atoms with van der Waals surface area (Å²) in [6.07, 6.45) is -4.65. The normalized spacial score (nSPS) is 11.7. The summed E-state index contributed by atoms with van der Waals surface area (Å²) in [4.78, 5) is 12.4. The maximum Gasteiger partial charge on any atom is 0.416 e. The fourth-order valence-corrected chi connectivity index (χ4v) is 5.05. The number of benzene rings is 3. The third-order valence-corrected chi connectivity index (χ3v) is 7.02. The average molecular weight is 551 g/mol. The Morgan fingerprint density at radius 3 is 2.29 bits per heavy atom. The van der Waals surface area contributed by atoms with Gasteiger partial charge in [-0.2, -0.15) is 13.2 Å². The van der Waals surface area contributed by atoms with Gasteiger partial charge in [0.25, 0.3) is 10.0 Å². The van der Waals surface area contributed by atoms with E-state index in [-0.39, 0.29) is 32.1 Å². The van der Waals surface area contributed by atoms with Gasteiger partial charge in [0.05, 0.1) is 33.3 Å². The summed E-state index contributed by atoms with van der Waals surface area (Å²) in [7, 11) is -3.23. The second-order valence-corrected chi connectivity index (χ2v) is 9.71. The van der Waals surface area contributed by atoms with E-state index in [9.17, 15) is 30.8 Å². The summed E-state index contributed by atoms with van der Waals surface area (Å²) in [5.74, 6) is -1.62. The Bertz CT molecular complexity index is 1350. The molecule has 3 aromatic carbocycles. The topological polar surface area (TPSA) is 75.7 Å². The van der Waals surface area contributed by atoms with Gasteiger partial charge < -0.3 is 10.1 Å². The minimum Gasteiger partial charge on any atom is -0.495 e. The van der Waals surface area contributed by atoms with Crippen molar-refractivity contribution in [1.82, 2.24) is 0 Å². The minimum atomic E-state index is -4.65. The molecule has 0 aliphatic heterocycles. The maximum atomic E-state index is 13.4. The minimum absolute atomic E-state index is 0.0451. The van der Waals surface area contributed by atoms with Gasteiger partial charge in [0.2, 0.25) is 5.91 Å². The molecule has 0 fully saturated rings. The quantitative estimate of drug-likeness (QED) is 0.366. The van der Waals surface area contributed by atoms with Crippen LogP contribution in [0.2, 0.25) is 10.0 Å². The number of anilines is 2. The van der Waals surface area contributed by atoms with Crippen molar-refractivity contribution in [3.63, 3.8) is 0 Å². The monoisotopic (exact) mass is 550 g/mol. The summed E-state index contributed by atoms with van der Waals surface area (Å²) < 4.78 is 84.9. The number of hydrogen-bond donors (Lipinski definition) is 1. The molecule has 13 heteroatoms. The lowest BCUT2D eigenvalue weighted by Crippen LogP contribution is -2.38. The highest BCUT2D eigenvalue weighted by atomic mass is 35.5. The van der Waals surface area contributed by atoms with Gasteiger partial charge in [0.15, 0.2) is 0 Å². The number of amides is 1. The molecular weight excluding hydrogens is 535 g/mol. The molecule has 0 saturated heterocycles. The van der Waals surface area contributed by atoms with Gasteiger partial charge in [0, 0.05) is 11.8 Å².